The molecule has 6 rings (SSSR count). The van der Waals surface area contributed by atoms with Crippen molar-refractivity contribution in [3.63, 3.8) is 0 Å². The van der Waals surface area contributed by atoms with E-state index >= 15 is 0 Å². The summed E-state index contributed by atoms with van der Waals surface area (Å²) in [4.78, 5) is 51.2. The van der Waals surface area contributed by atoms with Gasteiger partial charge in [0.1, 0.15) is 12.2 Å². The van der Waals surface area contributed by atoms with Crippen molar-refractivity contribution in [2.24, 2.45) is 28.1 Å². The molecule has 2 saturated carbocycles. The molecule has 11 heteroatoms. The molecule has 0 aromatic heterocycles. The minimum absolute atomic E-state index is 0.202. The van der Waals surface area contributed by atoms with E-state index in [4.69, 9.17) is 23.7 Å². The second kappa shape index (κ2) is 5.52. The highest BCUT2D eigenvalue weighted by Crippen LogP contribution is 2.84. The number of esters is 4. The average molecular weight is 466 g/mol. The van der Waals surface area contributed by atoms with Crippen molar-refractivity contribution >= 4 is 23.9 Å². The molecule has 2 N–H and O–H groups in total. The van der Waals surface area contributed by atoms with Crippen LogP contribution in [0.15, 0.2) is 0 Å². The summed E-state index contributed by atoms with van der Waals surface area (Å²) in [5.74, 6) is -5.12. The van der Waals surface area contributed by atoms with Gasteiger partial charge < -0.3 is 33.9 Å². The summed E-state index contributed by atoms with van der Waals surface area (Å²) in [5.41, 5.74) is -8.44. The SMILES string of the molecule is CC(=O)O[C@H]1C(=O)O[C@@H]2O[C@]34C(=O)O[C@@H]5C[C@@H](C(C)(C)C)[C@@]21[C@]53[C@@H](O)[C@@H]1OC(=O)[C@@H](C)[C@@]14O. The highest BCUT2D eigenvalue weighted by atomic mass is 16.8. The highest BCUT2D eigenvalue weighted by Gasteiger charge is 3.04. The Hall–Kier alpha value is -2.24. The summed E-state index contributed by atoms with van der Waals surface area (Å²) in [6.07, 6.45) is -6.89. The Morgan fingerprint density at radius 2 is 1.79 bits per heavy atom. The lowest BCUT2D eigenvalue weighted by Crippen LogP contribution is -2.67. The third-order valence-corrected chi connectivity index (χ3v) is 9.25. The van der Waals surface area contributed by atoms with Crippen LogP contribution >= 0.6 is 0 Å². The Balaban J connectivity index is 1.71. The molecule has 6 aliphatic rings. The Morgan fingerprint density at radius 3 is 2.39 bits per heavy atom. The molecule has 180 valence electrons. The number of carbonyl (C=O) groups excluding carboxylic acids is 4. The molecule has 0 aromatic carbocycles. The monoisotopic (exact) mass is 466 g/mol. The first-order valence-corrected chi connectivity index (χ1v) is 11.1. The molecule has 4 aliphatic heterocycles. The van der Waals surface area contributed by atoms with Crippen LogP contribution in [0.2, 0.25) is 0 Å². The van der Waals surface area contributed by atoms with E-state index in [0.717, 1.165) is 6.92 Å². The molecule has 0 amide bonds. The maximum atomic E-state index is 13.6. The largest absolute Gasteiger partial charge is 0.459 e. The van der Waals surface area contributed by atoms with Crippen molar-refractivity contribution in [1.82, 2.24) is 0 Å². The lowest BCUT2D eigenvalue weighted by atomic mass is 9.51. The zero-order valence-electron chi connectivity index (χ0n) is 18.8. The summed E-state index contributed by atoms with van der Waals surface area (Å²) < 4.78 is 28.4. The molecular formula is C22H26O11. The van der Waals surface area contributed by atoms with Crippen LogP contribution in [-0.4, -0.2) is 76.0 Å². The van der Waals surface area contributed by atoms with Crippen LogP contribution < -0.4 is 0 Å². The molecule has 6 fully saturated rings. The molecule has 2 aliphatic carbocycles. The lowest BCUT2D eigenvalue weighted by molar-refractivity contribution is -0.239. The van der Waals surface area contributed by atoms with Gasteiger partial charge in [0.25, 0.3) is 0 Å². The maximum Gasteiger partial charge on any atom is 0.350 e. The quantitative estimate of drug-likeness (QED) is 0.369. The molecule has 33 heavy (non-hydrogen) atoms. The second-order valence-corrected chi connectivity index (χ2v) is 11.3. The molecule has 11 atom stereocenters. The third kappa shape index (κ3) is 1.71. The van der Waals surface area contributed by atoms with Gasteiger partial charge in [-0.3, -0.25) is 9.59 Å². The number of aliphatic hydroxyl groups excluding tert-OH is 1. The van der Waals surface area contributed by atoms with Crippen LogP contribution in [0.25, 0.3) is 0 Å². The molecule has 0 unspecified atom stereocenters. The fraction of sp³-hybridized carbons (Fsp3) is 0.818. The second-order valence-electron chi connectivity index (χ2n) is 11.3. The first-order chi connectivity index (χ1) is 15.2. The van der Waals surface area contributed by atoms with E-state index in [0.29, 0.717) is 0 Å². The number of hydrogen-bond acceptors (Lipinski definition) is 11. The van der Waals surface area contributed by atoms with E-state index in [-0.39, 0.29) is 6.42 Å². The van der Waals surface area contributed by atoms with Crippen molar-refractivity contribution in [2.45, 2.75) is 82.9 Å². The van der Waals surface area contributed by atoms with E-state index in [2.05, 4.69) is 0 Å². The molecule has 11 nitrogen and oxygen atoms in total. The van der Waals surface area contributed by atoms with Gasteiger partial charge in [0.2, 0.25) is 18.0 Å². The Labute approximate surface area is 188 Å². The van der Waals surface area contributed by atoms with Crippen LogP contribution in [0.4, 0.5) is 0 Å². The fourth-order valence-electron chi connectivity index (χ4n) is 8.40. The lowest BCUT2D eigenvalue weighted by Gasteiger charge is -2.48. The van der Waals surface area contributed by atoms with Gasteiger partial charge in [-0.2, -0.15) is 0 Å². The Morgan fingerprint density at radius 1 is 1.12 bits per heavy atom. The molecule has 0 aromatic rings. The number of rotatable bonds is 1. The van der Waals surface area contributed by atoms with Crippen molar-refractivity contribution in [3.05, 3.63) is 0 Å². The van der Waals surface area contributed by atoms with Crippen LogP contribution in [0.5, 0.6) is 0 Å². The van der Waals surface area contributed by atoms with Gasteiger partial charge in [0.15, 0.2) is 11.7 Å². The van der Waals surface area contributed by atoms with Gasteiger partial charge in [0.05, 0.1) is 16.7 Å². The predicted octanol–water partition coefficient (Wildman–Crippen LogP) is -0.799. The molecule has 0 bridgehead atoms. The van der Waals surface area contributed by atoms with Gasteiger partial charge in [-0.1, -0.05) is 20.8 Å². The third-order valence-electron chi connectivity index (χ3n) is 9.25. The normalized spacial score (nSPS) is 55.5. The van der Waals surface area contributed by atoms with E-state index < -0.39 is 93.9 Å². The van der Waals surface area contributed by atoms with Gasteiger partial charge in [-0.15, -0.1) is 0 Å². The maximum absolute atomic E-state index is 13.6. The molecule has 4 saturated heterocycles. The van der Waals surface area contributed by atoms with Gasteiger partial charge in [-0.05, 0) is 24.7 Å². The zero-order valence-corrected chi connectivity index (χ0v) is 18.8. The van der Waals surface area contributed by atoms with Crippen LogP contribution in [0.1, 0.15) is 41.0 Å². The Kier molecular flexibility index (Phi) is 3.57. The van der Waals surface area contributed by atoms with E-state index in [1.807, 2.05) is 20.8 Å². The molecule has 2 spiro atoms. The van der Waals surface area contributed by atoms with Gasteiger partial charge >= 0.3 is 23.9 Å². The summed E-state index contributed by atoms with van der Waals surface area (Å²) in [6.45, 7) is 8.27. The highest BCUT2D eigenvalue weighted by molar-refractivity contribution is 5.94. The van der Waals surface area contributed by atoms with Crippen molar-refractivity contribution in [3.8, 4) is 0 Å². The number of aliphatic hydroxyl groups is 2. The first-order valence-electron chi connectivity index (χ1n) is 11.1. The molecule has 0 radical (unpaired) electrons. The van der Waals surface area contributed by atoms with Crippen molar-refractivity contribution < 1.29 is 53.1 Å². The average Bonchev–Trinajstić information content (AvgIpc) is 3.40. The smallest absolute Gasteiger partial charge is 0.350 e. The van der Waals surface area contributed by atoms with E-state index in [9.17, 15) is 29.4 Å². The van der Waals surface area contributed by atoms with Crippen molar-refractivity contribution in [2.75, 3.05) is 0 Å². The summed E-state index contributed by atoms with van der Waals surface area (Å²) in [6, 6.07) is 0. The summed E-state index contributed by atoms with van der Waals surface area (Å²) in [5, 5.41) is 23.8. The van der Waals surface area contributed by atoms with Gasteiger partial charge in [0, 0.05) is 6.92 Å². The summed E-state index contributed by atoms with van der Waals surface area (Å²) >= 11 is 0. The van der Waals surface area contributed by atoms with Crippen LogP contribution in [-0.2, 0) is 42.9 Å². The first kappa shape index (κ1) is 21.3. The van der Waals surface area contributed by atoms with Crippen LogP contribution in [0, 0.1) is 28.1 Å². The Bertz CT molecular complexity index is 1030. The molecular weight excluding hydrogens is 440 g/mol. The van der Waals surface area contributed by atoms with E-state index in [1.165, 1.54) is 6.92 Å². The van der Waals surface area contributed by atoms with Gasteiger partial charge in [-0.25, -0.2) is 9.59 Å². The zero-order chi connectivity index (χ0) is 24.1. The minimum Gasteiger partial charge on any atom is -0.459 e. The number of fused-ring (bicyclic) bond motifs is 1. The number of hydrogen-bond donors (Lipinski definition) is 2. The predicted molar refractivity (Wildman–Crippen MR) is 102 cm³/mol. The minimum atomic E-state index is -2.29. The fourth-order valence-corrected chi connectivity index (χ4v) is 8.40. The molecule has 4 heterocycles. The summed E-state index contributed by atoms with van der Waals surface area (Å²) in [7, 11) is 0. The topological polar surface area (TPSA) is 155 Å². The van der Waals surface area contributed by atoms with E-state index in [1.54, 1.807) is 0 Å². The van der Waals surface area contributed by atoms with Crippen LogP contribution in [0.3, 0.4) is 0 Å². The number of ether oxygens (including phenoxy) is 5. The van der Waals surface area contributed by atoms with Crippen molar-refractivity contribution in [1.29, 1.82) is 0 Å². The standard InChI is InChI=1S/C22H26O11/c1-7-14(25)31-12-11(24)20-10-6-9(18(3,4)5)19(20)13(29-8(2)23)15(26)32-17(19)33-22(20,16(27)30-10)21(7,12)28/h7,9-13,17,24,28H,6H2,1-5H3/t7-,9+,10-,11+,12+,13+,17-,19+,20-,21-,22-/m1/s1. The number of carbonyl (C=O) groups is 4.